The van der Waals surface area contributed by atoms with E-state index in [1.165, 1.54) is 12.8 Å². The van der Waals surface area contributed by atoms with Crippen molar-refractivity contribution in [1.82, 2.24) is 4.98 Å². The van der Waals surface area contributed by atoms with Crippen molar-refractivity contribution in [2.75, 3.05) is 5.73 Å². The van der Waals surface area contributed by atoms with E-state index in [1.807, 2.05) is 6.07 Å². The number of nitrogens with two attached hydrogens (primary N) is 1. The number of nitrogen functional groups attached to an aromatic ring is 1. The molecule has 2 saturated carbocycles. The topological polar surface area (TPSA) is 48.1 Å². The van der Waals surface area contributed by atoms with Gasteiger partial charge in [0, 0.05) is 5.41 Å². The van der Waals surface area contributed by atoms with Crippen LogP contribution in [0.4, 0.5) is 5.69 Å². The van der Waals surface area contributed by atoms with Crippen LogP contribution in [0, 0.1) is 16.7 Å². The molecule has 2 bridgehead atoms. The molecule has 2 aliphatic rings. The van der Waals surface area contributed by atoms with Gasteiger partial charge in [0.1, 0.15) is 6.10 Å². The highest BCUT2D eigenvalue weighted by Gasteiger charge is 2.62. The summed E-state index contributed by atoms with van der Waals surface area (Å²) in [5.74, 6) is 1.44. The average Bonchev–Trinajstić information content (AvgIpc) is 2.65. The van der Waals surface area contributed by atoms with E-state index in [0.29, 0.717) is 17.0 Å². The molecule has 0 spiro atoms. The van der Waals surface area contributed by atoms with Crippen LogP contribution in [0.5, 0.6) is 5.88 Å². The van der Waals surface area contributed by atoms with E-state index in [0.717, 1.165) is 16.8 Å². The fourth-order valence-corrected chi connectivity index (χ4v) is 4.43. The molecular weight excluding hydrogens is 304 g/mol. The number of fused-ring (bicyclic) bond motifs is 2. The standard InChI is InChI=1S/C15H21BrN2O/c1-14(2)9-4-5-15(14,3)12(6-9)19-13-11(16)7-10(17)8-18-13/h7-9,12H,4-6,17H2,1-3H3. The number of aromatic nitrogens is 1. The Balaban J connectivity index is 1.86. The number of nitrogens with zero attached hydrogens (tertiary/aromatic N) is 1. The second kappa shape index (κ2) is 4.11. The molecule has 2 N–H and O–H groups in total. The zero-order valence-electron chi connectivity index (χ0n) is 11.7. The molecule has 0 aromatic carbocycles. The summed E-state index contributed by atoms with van der Waals surface area (Å²) in [7, 11) is 0. The summed E-state index contributed by atoms with van der Waals surface area (Å²) in [6, 6.07) is 1.85. The molecule has 1 aromatic heterocycles. The summed E-state index contributed by atoms with van der Waals surface area (Å²) >= 11 is 3.49. The number of rotatable bonds is 2. The number of hydrogen-bond acceptors (Lipinski definition) is 3. The van der Waals surface area contributed by atoms with Crippen LogP contribution < -0.4 is 10.5 Å². The van der Waals surface area contributed by atoms with E-state index in [1.54, 1.807) is 6.20 Å². The first-order chi connectivity index (χ1) is 8.84. The first-order valence-corrected chi connectivity index (χ1v) is 7.71. The molecule has 0 radical (unpaired) electrons. The maximum Gasteiger partial charge on any atom is 0.228 e. The van der Waals surface area contributed by atoms with Crippen LogP contribution in [0.2, 0.25) is 0 Å². The molecule has 0 aliphatic heterocycles. The smallest absolute Gasteiger partial charge is 0.228 e. The van der Waals surface area contributed by atoms with Gasteiger partial charge in [-0.25, -0.2) is 4.98 Å². The zero-order chi connectivity index (χ0) is 13.8. The molecule has 3 rings (SSSR count). The molecule has 3 atom stereocenters. The molecule has 1 heterocycles. The SMILES string of the molecule is CC1(C)C2CCC1(C)C(Oc1ncc(N)cc1Br)C2. The maximum atomic E-state index is 6.22. The second-order valence-electron chi connectivity index (χ2n) is 6.77. The predicted octanol–water partition coefficient (Wildman–Crippen LogP) is 4.02. The summed E-state index contributed by atoms with van der Waals surface area (Å²) in [5, 5.41) is 0. The summed E-state index contributed by atoms with van der Waals surface area (Å²) in [4.78, 5) is 4.31. The van der Waals surface area contributed by atoms with E-state index in [4.69, 9.17) is 10.5 Å². The van der Waals surface area contributed by atoms with Crippen molar-refractivity contribution in [2.24, 2.45) is 16.7 Å². The highest BCUT2D eigenvalue weighted by molar-refractivity contribution is 9.10. The third-order valence-corrected chi connectivity index (χ3v) is 6.36. The van der Waals surface area contributed by atoms with Crippen molar-refractivity contribution in [3.63, 3.8) is 0 Å². The van der Waals surface area contributed by atoms with Crippen molar-refractivity contribution in [1.29, 1.82) is 0 Å². The lowest BCUT2D eigenvalue weighted by molar-refractivity contribution is 0.0268. The first kappa shape index (κ1) is 13.2. The maximum absolute atomic E-state index is 6.22. The van der Waals surface area contributed by atoms with Crippen LogP contribution in [-0.4, -0.2) is 11.1 Å². The normalized spacial score (nSPS) is 35.6. The number of hydrogen-bond donors (Lipinski definition) is 1. The molecule has 0 saturated heterocycles. The van der Waals surface area contributed by atoms with Crippen molar-refractivity contribution in [3.05, 3.63) is 16.7 Å². The van der Waals surface area contributed by atoms with E-state index in [-0.39, 0.29) is 11.5 Å². The molecule has 104 valence electrons. The van der Waals surface area contributed by atoms with Gasteiger partial charge in [0.2, 0.25) is 5.88 Å². The number of pyridine rings is 1. The Labute approximate surface area is 123 Å². The molecule has 19 heavy (non-hydrogen) atoms. The first-order valence-electron chi connectivity index (χ1n) is 6.92. The average molecular weight is 325 g/mol. The number of anilines is 1. The number of halogens is 1. The van der Waals surface area contributed by atoms with Crippen LogP contribution in [0.3, 0.4) is 0 Å². The minimum atomic E-state index is 0.250. The zero-order valence-corrected chi connectivity index (χ0v) is 13.3. The molecule has 2 fully saturated rings. The van der Waals surface area contributed by atoms with Gasteiger partial charge in [0.15, 0.2) is 0 Å². The predicted molar refractivity (Wildman–Crippen MR) is 80.0 cm³/mol. The van der Waals surface area contributed by atoms with Crippen molar-refractivity contribution in [2.45, 2.75) is 46.1 Å². The minimum Gasteiger partial charge on any atom is -0.473 e. The van der Waals surface area contributed by atoms with Gasteiger partial charge in [-0.1, -0.05) is 20.8 Å². The van der Waals surface area contributed by atoms with Crippen LogP contribution >= 0.6 is 15.9 Å². The fraction of sp³-hybridized carbons (Fsp3) is 0.667. The summed E-state index contributed by atoms with van der Waals surface area (Å²) in [5.41, 5.74) is 6.98. The Kier molecular flexibility index (Phi) is 2.86. The van der Waals surface area contributed by atoms with Crippen LogP contribution in [0.25, 0.3) is 0 Å². The Morgan fingerprint density at radius 2 is 2.16 bits per heavy atom. The lowest BCUT2D eigenvalue weighted by Gasteiger charge is -2.38. The van der Waals surface area contributed by atoms with Crippen LogP contribution in [-0.2, 0) is 0 Å². The van der Waals surface area contributed by atoms with Gasteiger partial charge < -0.3 is 10.5 Å². The van der Waals surface area contributed by atoms with Gasteiger partial charge in [-0.3, -0.25) is 0 Å². The van der Waals surface area contributed by atoms with Gasteiger partial charge in [0.25, 0.3) is 0 Å². The van der Waals surface area contributed by atoms with Gasteiger partial charge in [-0.15, -0.1) is 0 Å². The highest BCUT2D eigenvalue weighted by Crippen LogP contribution is 2.66. The lowest BCUT2D eigenvalue weighted by atomic mass is 9.70. The molecule has 0 amide bonds. The van der Waals surface area contributed by atoms with E-state index >= 15 is 0 Å². The summed E-state index contributed by atoms with van der Waals surface area (Å²) < 4.78 is 7.06. The Morgan fingerprint density at radius 1 is 1.42 bits per heavy atom. The van der Waals surface area contributed by atoms with E-state index < -0.39 is 0 Å². The Morgan fingerprint density at radius 3 is 2.68 bits per heavy atom. The molecule has 2 aliphatic carbocycles. The fourth-order valence-electron chi connectivity index (χ4n) is 3.97. The largest absolute Gasteiger partial charge is 0.473 e. The third kappa shape index (κ3) is 1.79. The van der Waals surface area contributed by atoms with Crippen LogP contribution in [0.15, 0.2) is 16.7 Å². The molecule has 3 unspecified atom stereocenters. The van der Waals surface area contributed by atoms with Gasteiger partial charge >= 0.3 is 0 Å². The van der Waals surface area contributed by atoms with Crippen molar-refractivity contribution < 1.29 is 4.74 Å². The number of ether oxygens (including phenoxy) is 1. The quantitative estimate of drug-likeness (QED) is 0.893. The third-order valence-electron chi connectivity index (χ3n) is 5.80. The van der Waals surface area contributed by atoms with E-state index in [2.05, 4.69) is 41.7 Å². The lowest BCUT2D eigenvalue weighted by Crippen LogP contribution is -2.39. The van der Waals surface area contributed by atoms with Gasteiger partial charge in [-0.2, -0.15) is 0 Å². The van der Waals surface area contributed by atoms with E-state index in [9.17, 15) is 0 Å². The molecule has 4 heteroatoms. The second-order valence-corrected chi connectivity index (χ2v) is 7.63. The Bertz CT molecular complexity index is 517. The molecule has 1 aromatic rings. The molecular formula is C15H21BrN2O. The summed E-state index contributed by atoms with van der Waals surface area (Å²) in [6.45, 7) is 7.15. The van der Waals surface area contributed by atoms with Crippen molar-refractivity contribution >= 4 is 21.6 Å². The van der Waals surface area contributed by atoms with Gasteiger partial charge in [-0.05, 0) is 52.6 Å². The van der Waals surface area contributed by atoms with Crippen LogP contribution in [0.1, 0.15) is 40.0 Å². The monoisotopic (exact) mass is 324 g/mol. The van der Waals surface area contributed by atoms with Gasteiger partial charge in [0.05, 0.1) is 16.4 Å². The summed E-state index contributed by atoms with van der Waals surface area (Å²) in [6.07, 6.45) is 5.64. The Hall–Kier alpha value is -0.770. The van der Waals surface area contributed by atoms with Crippen molar-refractivity contribution in [3.8, 4) is 5.88 Å². The minimum absolute atomic E-state index is 0.250. The molecule has 3 nitrogen and oxygen atoms in total. The highest BCUT2D eigenvalue weighted by atomic mass is 79.9.